The molecule has 1 aromatic carbocycles. The highest BCUT2D eigenvalue weighted by Gasteiger charge is 2.35. The number of alkyl halides is 3. The van der Waals surface area contributed by atoms with E-state index in [0.29, 0.717) is 12.8 Å². The summed E-state index contributed by atoms with van der Waals surface area (Å²) in [7, 11) is 0. The van der Waals surface area contributed by atoms with E-state index in [4.69, 9.17) is 0 Å². The number of nitrogens with one attached hydrogen (secondary N) is 2. The van der Waals surface area contributed by atoms with E-state index in [0.717, 1.165) is 25.3 Å². The molecule has 2 amide bonds. The van der Waals surface area contributed by atoms with Crippen LogP contribution in [0.2, 0.25) is 0 Å². The van der Waals surface area contributed by atoms with Crippen LogP contribution in [0.15, 0.2) is 18.2 Å². The Bertz CT molecular complexity index is 593. The molecule has 1 saturated carbocycles. The topological polar surface area (TPSA) is 58.2 Å². The second-order valence-corrected chi connectivity index (χ2v) is 5.76. The van der Waals surface area contributed by atoms with E-state index in [1.165, 1.54) is 19.1 Å². The quantitative estimate of drug-likeness (QED) is 0.874. The van der Waals surface area contributed by atoms with E-state index in [2.05, 4.69) is 10.6 Å². The summed E-state index contributed by atoms with van der Waals surface area (Å²) in [6.07, 6.45) is -0.307. The lowest BCUT2D eigenvalue weighted by molar-refractivity contribution is -0.137. The third-order valence-electron chi connectivity index (χ3n) is 3.88. The van der Waals surface area contributed by atoms with Crippen LogP contribution in [-0.4, -0.2) is 11.8 Å². The Kier molecular flexibility index (Phi) is 5.28. The lowest BCUT2D eigenvalue weighted by atomic mass is 9.88. The summed E-state index contributed by atoms with van der Waals surface area (Å²) in [6.45, 7) is 1.21. The van der Waals surface area contributed by atoms with Crippen LogP contribution in [0.1, 0.15) is 44.6 Å². The first-order valence-electron chi connectivity index (χ1n) is 7.57. The Morgan fingerprint density at radius 2 is 1.74 bits per heavy atom. The van der Waals surface area contributed by atoms with Crippen LogP contribution in [0.4, 0.5) is 24.5 Å². The van der Waals surface area contributed by atoms with Gasteiger partial charge in [0.1, 0.15) is 0 Å². The molecule has 0 saturated heterocycles. The summed E-state index contributed by atoms with van der Waals surface area (Å²) >= 11 is 0. The average Bonchev–Trinajstić information content (AvgIpc) is 2.48. The zero-order valence-corrected chi connectivity index (χ0v) is 12.8. The van der Waals surface area contributed by atoms with Gasteiger partial charge < -0.3 is 10.6 Å². The maximum Gasteiger partial charge on any atom is 0.418 e. The van der Waals surface area contributed by atoms with Gasteiger partial charge in [-0.2, -0.15) is 13.2 Å². The van der Waals surface area contributed by atoms with Gasteiger partial charge in [0.2, 0.25) is 11.8 Å². The fourth-order valence-electron chi connectivity index (χ4n) is 2.77. The molecular formula is C16H19F3N2O2. The number of carbonyl (C=O) groups excluding carboxylic acids is 2. The third-order valence-corrected chi connectivity index (χ3v) is 3.88. The Balaban J connectivity index is 2.22. The normalized spacial score (nSPS) is 16.0. The van der Waals surface area contributed by atoms with Crippen molar-refractivity contribution in [3.63, 3.8) is 0 Å². The molecule has 0 spiro atoms. The van der Waals surface area contributed by atoms with Crippen LogP contribution in [0.3, 0.4) is 0 Å². The zero-order chi connectivity index (χ0) is 17.0. The monoisotopic (exact) mass is 328 g/mol. The van der Waals surface area contributed by atoms with E-state index in [1.54, 1.807) is 0 Å². The Hall–Kier alpha value is -2.05. The molecule has 7 heteroatoms. The lowest BCUT2D eigenvalue weighted by Gasteiger charge is -2.22. The number of hydrogen-bond acceptors (Lipinski definition) is 2. The van der Waals surface area contributed by atoms with E-state index >= 15 is 0 Å². The van der Waals surface area contributed by atoms with Crippen molar-refractivity contribution >= 4 is 23.2 Å². The number of amides is 2. The molecule has 4 nitrogen and oxygen atoms in total. The minimum atomic E-state index is -4.62. The predicted molar refractivity (Wildman–Crippen MR) is 81.0 cm³/mol. The summed E-state index contributed by atoms with van der Waals surface area (Å²) in [5, 5.41) is 4.71. The van der Waals surface area contributed by atoms with Gasteiger partial charge >= 0.3 is 6.18 Å². The number of benzene rings is 1. The fourth-order valence-corrected chi connectivity index (χ4v) is 2.77. The first kappa shape index (κ1) is 17.3. The molecular weight excluding hydrogens is 309 g/mol. The van der Waals surface area contributed by atoms with Gasteiger partial charge in [-0.05, 0) is 31.0 Å². The fraction of sp³-hybridized carbons (Fsp3) is 0.500. The first-order chi connectivity index (χ1) is 10.8. The second-order valence-electron chi connectivity index (χ2n) is 5.76. The molecule has 1 aliphatic carbocycles. The van der Waals surface area contributed by atoms with Gasteiger partial charge in [-0.15, -0.1) is 0 Å². The van der Waals surface area contributed by atoms with Gasteiger partial charge in [0.25, 0.3) is 0 Å². The Morgan fingerprint density at radius 3 is 2.30 bits per heavy atom. The number of anilines is 2. The van der Waals surface area contributed by atoms with Gasteiger partial charge in [0.05, 0.1) is 11.3 Å². The van der Waals surface area contributed by atoms with Crippen molar-refractivity contribution < 1.29 is 22.8 Å². The highest BCUT2D eigenvalue weighted by Crippen LogP contribution is 2.37. The third kappa shape index (κ3) is 4.71. The van der Waals surface area contributed by atoms with Crippen LogP contribution in [0, 0.1) is 5.92 Å². The van der Waals surface area contributed by atoms with E-state index in [-0.39, 0.29) is 23.2 Å². The van der Waals surface area contributed by atoms with Gasteiger partial charge in [-0.3, -0.25) is 9.59 Å². The molecule has 2 rings (SSSR count). The second kappa shape index (κ2) is 7.02. The SMILES string of the molecule is CC(=O)Nc1ccc(NC(=O)C2CCCCC2)c(C(F)(F)F)c1. The molecule has 0 atom stereocenters. The average molecular weight is 328 g/mol. The van der Waals surface area contributed by atoms with Gasteiger partial charge in [-0.1, -0.05) is 19.3 Å². The van der Waals surface area contributed by atoms with Crippen LogP contribution >= 0.6 is 0 Å². The molecule has 0 heterocycles. The minimum absolute atomic E-state index is 0.0421. The van der Waals surface area contributed by atoms with Crippen molar-refractivity contribution in [2.24, 2.45) is 5.92 Å². The van der Waals surface area contributed by atoms with Crippen molar-refractivity contribution in [2.45, 2.75) is 45.2 Å². The van der Waals surface area contributed by atoms with Gasteiger partial charge in [0.15, 0.2) is 0 Å². The standard InChI is InChI=1S/C16H19F3N2O2/c1-10(22)20-12-7-8-14(13(9-12)16(17,18)19)21-15(23)11-5-3-2-4-6-11/h7-9,11H,2-6H2,1H3,(H,20,22)(H,21,23). The van der Waals surface area contributed by atoms with E-state index < -0.39 is 17.6 Å². The smallest absolute Gasteiger partial charge is 0.326 e. The summed E-state index contributed by atoms with van der Waals surface area (Å²) in [4.78, 5) is 23.1. The van der Waals surface area contributed by atoms with Crippen LogP contribution in [0.5, 0.6) is 0 Å². The number of hydrogen-bond donors (Lipinski definition) is 2. The summed E-state index contributed by atoms with van der Waals surface area (Å²) in [5.41, 5.74) is -1.20. The number of rotatable bonds is 3. The number of halogens is 3. The molecule has 1 aliphatic rings. The summed E-state index contributed by atoms with van der Waals surface area (Å²) in [6, 6.07) is 3.35. The Labute approximate surface area is 132 Å². The maximum absolute atomic E-state index is 13.2. The molecule has 0 aromatic heterocycles. The molecule has 0 aliphatic heterocycles. The van der Waals surface area contributed by atoms with Crippen molar-refractivity contribution in [2.75, 3.05) is 10.6 Å². The molecule has 1 aromatic rings. The Morgan fingerprint density at radius 1 is 1.09 bits per heavy atom. The highest BCUT2D eigenvalue weighted by atomic mass is 19.4. The maximum atomic E-state index is 13.2. The van der Waals surface area contributed by atoms with Crippen LogP contribution in [-0.2, 0) is 15.8 Å². The summed E-state index contributed by atoms with van der Waals surface area (Å²) < 4.78 is 39.6. The molecule has 0 bridgehead atoms. The predicted octanol–water partition coefficient (Wildman–Crippen LogP) is 4.18. The van der Waals surface area contributed by atoms with Gasteiger partial charge in [0, 0.05) is 18.5 Å². The van der Waals surface area contributed by atoms with Gasteiger partial charge in [-0.25, -0.2) is 0 Å². The van der Waals surface area contributed by atoms with Crippen molar-refractivity contribution in [3.8, 4) is 0 Å². The molecule has 1 fully saturated rings. The molecule has 23 heavy (non-hydrogen) atoms. The van der Waals surface area contributed by atoms with E-state index in [9.17, 15) is 22.8 Å². The molecule has 126 valence electrons. The number of carbonyl (C=O) groups is 2. The molecule has 2 N–H and O–H groups in total. The minimum Gasteiger partial charge on any atom is -0.326 e. The van der Waals surface area contributed by atoms with Crippen LogP contribution in [0.25, 0.3) is 0 Å². The van der Waals surface area contributed by atoms with Crippen molar-refractivity contribution in [1.29, 1.82) is 0 Å². The van der Waals surface area contributed by atoms with Crippen molar-refractivity contribution in [1.82, 2.24) is 0 Å². The molecule has 0 unspecified atom stereocenters. The van der Waals surface area contributed by atoms with Crippen LogP contribution < -0.4 is 10.6 Å². The lowest BCUT2D eigenvalue weighted by Crippen LogP contribution is -2.26. The molecule has 0 radical (unpaired) electrons. The largest absolute Gasteiger partial charge is 0.418 e. The van der Waals surface area contributed by atoms with E-state index in [1.807, 2.05) is 0 Å². The highest BCUT2D eigenvalue weighted by molar-refractivity contribution is 5.94. The first-order valence-corrected chi connectivity index (χ1v) is 7.57. The zero-order valence-electron chi connectivity index (χ0n) is 12.8. The van der Waals surface area contributed by atoms with Crippen molar-refractivity contribution in [3.05, 3.63) is 23.8 Å². The summed E-state index contributed by atoms with van der Waals surface area (Å²) in [5.74, 6) is -1.07.